The largest absolute Gasteiger partial charge is 0.495 e. The van der Waals surface area contributed by atoms with Crippen molar-refractivity contribution in [2.24, 2.45) is 5.92 Å². The van der Waals surface area contributed by atoms with Gasteiger partial charge in [0.1, 0.15) is 11.6 Å². The molecule has 1 amide bonds. The molecule has 1 fully saturated rings. The first-order valence-corrected chi connectivity index (χ1v) is 10.4. The summed E-state index contributed by atoms with van der Waals surface area (Å²) in [6.07, 6.45) is 1.54. The number of nitrogens with zero attached hydrogens (tertiary/aromatic N) is 2. The van der Waals surface area contributed by atoms with Crippen molar-refractivity contribution in [1.82, 2.24) is 4.98 Å². The number of hydrogen-bond acceptors (Lipinski definition) is 5. The molecule has 150 valence electrons. The van der Waals surface area contributed by atoms with Gasteiger partial charge in [-0.2, -0.15) is 0 Å². The standard InChI is InChI=1S/C22H22FN3O2S/c1-28-20-5-3-2-4-18(20)24-21(27)16-10-12-26(13-11-16)22-25-19(14-29-22)15-6-8-17(23)9-7-15/h2-9,14,16H,10-13H2,1H3,(H,24,27). The van der Waals surface area contributed by atoms with Crippen LogP contribution in [0.2, 0.25) is 0 Å². The van der Waals surface area contributed by atoms with Crippen LogP contribution in [0, 0.1) is 11.7 Å². The molecule has 2 heterocycles. The third kappa shape index (κ3) is 4.40. The number of hydrogen-bond donors (Lipinski definition) is 1. The van der Waals surface area contributed by atoms with Gasteiger partial charge in [-0.05, 0) is 49.2 Å². The van der Waals surface area contributed by atoms with E-state index in [1.54, 1.807) is 30.6 Å². The molecule has 5 nitrogen and oxygen atoms in total. The monoisotopic (exact) mass is 411 g/mol. The molecule has 3 aromatic rings. The Kier molecular flexibility index (Phi) is 5.76. The van der Waals surface area contributed by atoms with Gasteiger partial charge in [0.2, 0.25) is 5.91 Å². The van der Waals surface area contributed by atoms with Crippen molar-refractivity contribution in [2.45, 2.75) is 12.8 Å². The van der Waals surface area contributed by atoms with Crippen molar-refractivity contribution >= 4 is 28.1 Å². The number of anilines is 2. The molecule has 1 aromatic heterocycles. The summed E-state index contributed by atoms with van der Waals surface area (Å²) in [4.78, 5) is 19.6. The molecule has 29 heavy (non-hydrogen) atoms. The molecule has 0 atom stereocenters. The Hall–Kier alpha value is -2.93. The lowest BCUT2D eigenvalue weighted by Crippen LogP contribution is -2.38. The summed E-state index contributed by atoms with van der Waals surface area (Å²) >= 11 is 1.58. The molecule has 0 spiro atoms. The van der Waals surface area contributed by atoms with E-state index in [2.05, 4.69) is 10.2 Å². The smallest absolute Gasteiger partial charge is 0.227 e. The predicted molar refractivity (Wildman–Crippen MR) is 114 cm³/mol. The Morgan fingerprint density at radius 2 is 1.90 bits per heavy atom. The van der Waals surface area contributed by atoms with Crippen LogP contribution in [0.1, 0.15) is 12.8 Å². The molecule has 4 rings (SSSR count). The van der Waals surface area contributed by atoms with Gasteiger partial charge in [0.05, 0.1) is 18.5 Å². The number of halogens is 1. The lowest BCUT2D eigenvalue weighted by Gasteiger charge is -2.31. The van der Waals surface area contributed by atoms with Crippen molar-refractivity contribution in [1.29, 1.82) is 0 Å². The van der Waals surface area contributed by atoms with Crippen molar-refractivity contribution in [2.75, 3.05) is 30.4 Å². The second-order valence-electron chi connectivity index (χ2n) is 6.97. The second kappa shape index (κ2) is 8.61. The van der Waals surface area contributed by atoms with E-state index in [0.717, 1.165) is 42.3 Å². The molecule has 1 N–H and O–H groups in total. The van der Waals surface area contributed by atoms with Crippen molar-refractivity contribution in [3.05, 3.63) is 59.7 Å². The van der Waals surface area contributed by atoms with E-state index in [1.165, 1.54) is 12.1 Å². The number of nitrogens with one attached hydrogen (secondary N) is 1. The highest BCUT2D eigenvalue weighted by molar-refractivity contribution is 7.14. The topological polar surface area (TPSA) is 54.5 Å². The highest BCUT2D eigenvalue weighted by atomic mass is 32.1. The first-order valence-electron chi connectivity index (χ1n) is 9.54. The average Bonchev–Trinajstić information content (AvgIpc) is 3.25. The number of benzene rings is 2. The highest BCUT2D eigenvalue weighted by Gasteiger charge is 2.27. The molecule has 2 aromatic carbocycles. The quantitative estimate of drug-likeness (QED) is 0.654. The van der Waals surface area contributed by atoms with Crippen LogP contribution >= 0.6 is 11.3 Å². The summed E-state index contributed by atoms with van der Waals surface area (Å²) in [5.74, 6) is 0.403. The van der Waals surface area contributed by atoms with Gasteiger partial charge in [-0.25, -0.2) is 9.37 Å². The molecule has 0 unspecified atom stereocenters. The third-order valence-electron chi connectivity index (χ3n) is 5.13. The number of rotatable bonds is 5. The summed E-state index contributed by atoms with van der Waals surface area (Å²) in [5.41, 5.74) is 2.45. The average molecular weight is 412 g/mol. The van der Waals surface area contributed by atoms with Crippen LogP contribution < -0.4 is 15.0 Å². The molecule has 7 heteroatoms. The highest BCUT2D eigenvalue weighted by Crippen LogP contribution is 2.31. The summed E-state index contributed by atoms with van der Waals surface area (Å²) < 4.78 is 18.4. The number of carbonyl (C=O) groups is 1. The number of methoxy groups -OCH3 is 1. The van der Waals surface area contributed by atoms with Gasteiger partial charge in [0.25, 0.3) is 0 Å². The van der Waals surface area contributed by atoms with Crippen LogP contribution in [-0.4, -0.2) is 31.1 Å². The molecule has 0 radical (unpaired) electrons. The van der Waals surface area contributed by atoms with Gasteiger partial charge in [-0.15, -0.1) is 11.3 Å². The Balaban J connectivity index is 1.36. The van der Waals surface area contributed by atoms with E-state index < -0.39 is 0 Å². The van der Waals surface area contributed by atoms with E-state index in [-0.39, 0.29) is 17.6 Å². The summed E-state index contributed by atoms with van der Waals surface area (Å²) in [5, 5.41) is 5.92. The molecule has 1 aliphatic rings. The number of thiazole rings is 1. The predicted octanol–water partition coefficient (Wildman–Crippen LogP) is 4.81. The van der Waals surface area contributed by atoms with Crippen molar-refractivity contribution < 1.29 is 13.9 Å². The van der Waals surface area contributed by atoms with Crippen LogP contribution in [0.5, 0.6) is 5.75 Å². The molecule has 1 saturated heterocycles. The van der Waals surface area contributed by atoms with Gasteiger partial charge in [0.15, 0.2) is 5.13 Å². The van der Waals surface area contributed by atoms with E-state index in [4.69, 9.17) is 9.72 Å². The first-order chi connectivity index (χ1) is 14.1. The number of ether oxygens (including phenoxy) is 1. The number of aromatic nitrogens is 1. The fraction of sp³-hybridized carbons (Fsp3) is 0.273. The zero-order valence-corrected chi connectivity index (χ0v) is 16.9. The summed E-state index contributed by atoms with van der Waals surface area (Å²) in [6.45, 7) is 1.56. The molecule has 0 saturated carbocycles. The minimum Gasteiger partial charge on any atom is -0.495 e. The van der Waals surface area contributed by atoms with E-state index in [1.807, 2.05) is 29.6 Å². The number of para-hydroxylation sites is 2. The number of amides is 1. The fourth-order valence-electron chi connectivity index (χ4n) is 3.48. The summed E-state index contributed by atoms with van der Waals surface area (Å²) in [7, 11) is 1.59. The van der Waals surface area contributed by atoms with E-state index >= 15 is 0 Å². The normalized spacial score (nSPS) is 14.6. The van der Waals surface area contributed by atoms with Gasteiger partial charge < -0.3 is 15.0 Å². The Morgan fingerprint density at radius 3 is 2.62 bits per heavy atom. The third-order valence-corrected chi connectivity index (χ3v) is 6.03. The molecule has 1 aliphatic heterocycles. The maximum Gasteiger partial charge on any atom is 0.227 e. The van der Waals surface area contributed by atoms with Crippen LogP contribution in [-0.2, 0) is 4.79 Å². The molecule has 0 bridgehead atoms. The zero-order valence-electron chi connectivity index (χ0n) is 16.1. The van der Waals surface area contributed by atoms with E-state index in [0.29, 0.717) is 11.4 Å². The minimum absolute atomic E-state index is 0.0280. The lowest BCUT2D eigenvalue weighted by atomic mass is 9.96. The Labute approximate surface area is 173 Å². The number of carbonyl (C=O) groups excluding carboxylic acids is 1. The first kappa shape index (κ1) is 19.4. The Morgan fingerprint density at radius 1 is 1.17 bits per heavy atom. The van der Waals surface area contributed by atoms with Gasteiger partial charge in [-0.1, -0.05) is 12.1 Å². The maximum atomic E-state index is 13.1. The summed E-state index contributed by atoms with van der Waals surface area (Å²) in [6, 6.07) is 13.8. The fourth-order valence-corrected chi connectivity index (χ4v) is 4.37. The molecular formula is C22H22FN3O2S. The second-order valence-corrected chi connectivity index (χ2v) is 7.81. The van der Waals surface area contributed by atoms with Gasteiger partial charge in [0, 0.05) is 30.0 Å². The van der Waals surface area contributed by atoms with Crippen LogP contribution in [0.15, 0.2) is 53.9 Å². The molecular weight excluding hydrogens is 389 g/mol. The minimum atomic E-state index is -0.252. The van der Waals surface area contributed by atoms with Gasteiger partial charge >= 0.3 is 0 Å². The Bertz CT molecular complexity index is 982. The SMILES string of the molecule is COc1ccccc1NC(=O)C1CCN(c2nc(-c3ccc(F)cc3)cs2)CC1. The lowest BCUT2D eigenvalue weighted by molar-refractivity contribution is -0.120. The molecule has 0 aliphatic carbocycles. The van der Waals surface area contributed by atoms with E-state index in [9.17, 15) is 9.18 Å². The maximum absolute atomic E-state index is 13.1. The van der Waals surface area contributed by atoms with Crippen LogP contribution in [0.3, 0.4) is 0 Å². The van der Waals surface area contributed by atoms with Crippen molar-refractivity contribution in [3.8, 4) is 17.0 Å². The number of piperidine rings is 1. The van der Waals surface area contributed by atoms with Gasteiger partial charge in [-0.3, -0.25) is 4.79 Å². The zero-order chi connectivity index (χ0) is 20.2. The van der Waals surface area contributed by atoms with Crippen LogP contribution in [0.4, 0.5) is 15.2 Å². The van der Waals surface area contributed by atoms with Crippen molar-refractivity contribution in [3.63, 3.8) is 0 Å². The van der Waals surface area contributed by atoms with Crippen LogP contribution in [0.25, 0.3) is 11.3 Å².